The SMILES string of the molecule is COC(=O)C[C@H]1O[C@@H](S[C@@H]2COC[C@H](n3cc(-c4cncnc4)nn3)[C@H]2O)[C@H](OC)[C@@H](n2cc(-c3cc(F)c(F)c(F)c3)nn2)[C@H]1OC(C)=O. The fourth-order valence-corrected chi connectivity index (χ4v) is 7.34. The minimum Gasteiger partial charge on any atom is -0.469 e. The normalized spacial score (nSPS) is 26.8. The van der Waals surface area contributed by atoms with Gasteiger partial charge < -0.3 is 28.8 Å². The Morgan fingerprint density at radius 3 is 2.30 bits per heavy atom. The van der Waals surface area contributed by atoms with E-state index in [1.807, 2.05) is 0 Å². The Morgan fingerprint density at radius 1 is 0.980 bits per heavy atom. The molecule has 3 aromatic heterocycles. The van der Waals surface area contributed by atoms with Gasteiger partial charge in [-0.3, -0.25) is 9.59 Å². The van der Waals surface area contributed by atoms with Crippen molar-refractivity contribution in [1.82, 2.24) is 40.0 Å². The third-order valence-electron chi connectivity index (χ3n) is 8.24. The number of esters is 2. The smallest absolute Gasteiger partial charge is 0.308 e. The Hall–Kier alpha value is -4.50. The van der Waals surface area contributed by atoms with Gasteiger partial charge >= 0.3 is 11.9 Å². The van der Waals surface area contributed by atoms with E-state index in [1.165, 1.54) is 43.0 Å². The van der Waals surface area contributed by atoms with Crippen LogP contribution < -0.4 is 0 Å². The topological polar surface area (TPSA) is 188 Å². The first-order chi connectivity index (χ1) is 24.1. The van der Waals surface area contributed by atoms with Crippen molar-refractivity contribution >= 4 is 23.7 Å². The van der Waals surface area contributed by atoms with Crippen LogP contribution >= 0.6 is 11.8 Å². The van der Waals surface area contributed by atoms with E-state index in [4.69, 9.17) is 23.7 Å². The number of hydrogen-bond acceptors (Lipinski definition) is 15. The van der Waals surface area contributed by atoms with Gasteiger partial charge in [-0.2, -0.15) is 0 Å². The monoisotopic (exact) mass is 720 g/mol. The second kappa shape index (κ2) is 15.2. The number of halogens is 3. The number of benzene rings is 1. The molecule has 2 aliphatic heterocycles. The average molecular weight is 721 g/mol. The van der Waals surface area contributed by atoms with Gasteiger partial charge in [-0.1, -0.05) is 10.4 Å². The number of methoxy groups -OCH3 is 2. The van der Waals surface area contributed by atoms with E-state index in [0.29, 0.717) is 11.3 Å². The van der Waals surface area contributed by atoms with E-state index in [1.54, 1.807) is 18.6 Å². The van der Waals surface area contributed by atoms with Crippen LogP contribution in [0, 0.1) is 17.5 Å². The molecule has 50 heavy (non-hydrogen) atoms. The number of thioether (sulfide) groups is 1. The highest BCUT2D eigenvalue weighted by Gasteiger charge is 2.52. The molecule has 1 N–H and O–H groups in total. The van der Waals surface area contributed by atoms with E-state index in [0.717, 1.165) is 23.9 Å². The Kier molecular flexibility index (Phi) is 10.7. The molecule has 8 atom stereocenters. The number of ether oxygens (including phenoxy) is 5. The van der Waals surface area contributed by atoms with Gasteiger partial charge in [-0.25, -0.2) is 32.5 Å². The predicted octanol–water partition coefficient (Wildman–Crippen LogP) is 1.92. The molecule has 1 aromatic carbocycles. The lowest BCUT2D eigenvalue weighted by Crippen LogP contribution is -2.57. The standard InChI is InChI=1S/C30H31F3N8O8S/c1-14(42)48-28-22(6-24(43)45-2)49-30(29(46-3)26(28)41-10-19(36-39-41)15-4-17(31)25(33)18(32)5-15)50-23-12-47-11-21(27(23)44)40-9-20(37-38-40)16-7-34-13-35-8-16/h4-5,7-10,13,21-23,26-30,44H,6,11-12H2,1-3H3/t21-,22+,23+,26-,27+,28-,29+,30-/m0/s1. The number of hydrogen-bond donors (Lipinski definition) is 1. The highest BCUT2D eigenvalue weighted by atomic mass is 32.2. The van der Waals surface area contributed by atoms with Crippen molar-refractivity contribution in [2.24, 2.45) is 0 Å². The molecule has 2 aliphatic rings. The summed E-state index contributed by atoms with van der Waals surface area (Å²) >= 11 is 1.15. The summed E-state index contributed by atoms with van der Waals surface area (Å²) in [6, 6.07) is -0.162. The van der Waals surface area contributed by atoms with E-state index in [2.05, 4.69) is 30.6 Å². The lowest BCUT2D eigenvalue weighted by molar-refractivity contribution is -0.203. The van der Waals surface area contributed by atoms with Crippen LogP contribution in [-0.4, -0.2) is 120 Å². The van der Waals surface area contributed by atoms with Crippen molar-refractivity contribution in [3.63, 3.8) is 0 Å². The van der Waals surface area contributed by atoms with E-state index >= 15 is 0 Å². The zero-order chi connectivity index (χ0) is 35.5. The van der Waals surface area contributed by atoms with Crippen LogP contribution in [0.25, 0.3) is 22.5 Å². The zero-order valence-corrected chi connectivity index (χ0v) is 27.5. The Bertz CT molecular complexity index is 1800. The third kappa shape index (κ3) is 7.33. The maximum absolute atomic E-state index is 14.1. The van der Waals surface area contributed by atoms with E-state index in [9.17, 15) is 27.9 Å². The van der Waals surface area contributed by atoms with Gasteiger partial charge in [-0.05, 0) is 12.1 Å². The minimum atomic E-state index is -1.64. The van der Waals surface area contributed by atoms with Gasteiger partial charge in [0, 0.05) is 37.6 Å². The molecule has 0 aliphatic carbocycles. The van der Waals surface area contributed by atoms with Crippen LogP contribution in [0.4, 0.5) is 13.2 Å². The second-order valence-electron chi connectivity index (χ2n) is 11.4. The van der Waals surface area contributed by atoms with Crippen molar-refractivity contribution in [2.75, 3.05) is 27.4 Å². The lowest BCUT2D eigenvalue weighted by atomic mass is 9.94. The number of carbonyl (C=O) groups is 2. The third-order valence-corrected chi connectivity index (χ3v) is 9.66. The number of carbonyl (C=O) groups excluding carboxylic acids is 2. The highest BCUT2D eigenvalue weighted by molar-refractivity contribution is 8.00. The average Bonchev–Trinajstić information content (AvgIpc) is 3.80. The van der Waals surface area contributed by atoms with Crippen LogP contribution in [0.5, 0.6) is 0 Å². The first kappa shape index (κ1) is 35.3. The molecule has 0 bridgehead atoms. The first-order valence-electron chi connectivity index (χ1n) is 15.2. The number of aliphatic hydroxyl groups excluding tert-OH is 1. The van der Waals surface area contributed by atoms with Gasteiger partial charge in [0.05, 0.1) is 50.5 Å². The minimum absolute atomic E-state index is 0.0346. The summed E-state index contributed by atoms with van der Waals surface area (Å²) in [4.78, 5) is 32.9. The Labute approximate surface area is 286 Å². The van der Waals surface area contributed by atoms with E-state index < -0.39 is 76.6 Å². The molecule has 4 aromatic rings. The number of rotatable bonds is 10. The fourth-order valence-electron chi connectivity index (χ4n) is 5.84. The molecule has 0 radical (unpaired) electrons. The molecule has 0 spiro atoms. The van der Waals surface area contributed by atoms with Gasteiger partial charge in [0.1, 0.15) is 47.4 Å². The molecule has 0 saturated carbocycles. The quantitative estimate of drug-likeness (QED) is 0.185. The second-order valence-corrected chi connectivity index (χ2v) is 12.7. The van der Waals surface area contributed by atoms with Crippen LogP contribution in [0.2, 0.25) is 0 Å². The van der Waals surface area contributed by atoms with Gasteiger partial charge in [0.25, 0.3) is 0 Å². The zero-order valence-electron chi connectivity index (χ0n) is 26.7. The van der Waals surface area contributed by atoms with Crippen molar-refractivity contribution in [3.05, 3.63) is 60.7 Å². The summed E-state index contributed by atoms with van der Waals surface area (Å²) in [6.45, 7) is 1.39. The summed E-state index contributed by atoms with van der Waals surface area (Å²) in [5.74, 6) is -5.88. The van der Waals surface area contributed by atoms with Crippen molar-refractivity contribution in [3.8, 4) is 22.5 Å². The highest BCUT2D eigenvalue weighted by Crippen LogP contribution is 2.43. The van der Waals surface area contributed by atoms with Crippen molar-refractivity contribution < 1.29 is 51.6 Å². The number of aromatic nitrogens is 8. The lowest BCUT2D eigenvalue weighted by Gasteiger charge is -2.46. The molecule has 0 unspecified atom stereocenters. The molecular formula is C30H31F3N8O8S. The summed E-state index contributed by atoms with van der Waals surface area (Å²) in [5.41, 5.74) is 0.0259. The molecule has 5 heterocycles. The fraction of sp³-hybridized carbons (Fsp3) is 0.467. The number of aliphatic hydroxyl groups is 1. The van der Waals surface area contributed by atoms with Gasteiger partial charge in [0.15, 0.2) is 23.6 Å². The van der Waals surface area contributed by atoms with Crippen LogP contribution in [0.3, 0.4) is 0 Å². The summed E-state index contributed by atoms with van der Waals surface area (Å²) in [6.07, 6.45) is 2.80. The molecular weight excluding hydrogens is 689 g/mol. The van der Waals surface area contributed by atoms with Crippen molar-refractivity contribution in [2.45, 2.75) is 60.5 Å². The molecule has 20 heteroatoms. The molecule has 16 nitrogen and oxygen atoms in total. The molecule has 266 valence electrons. The Balaban J connectivity index is 1.31. The van der Waals surface area contributed by atoms with Crippen LogP contribution in [0.15, 0.2) is 43.2 Å². The van der Waals surface area contributed by atoms with Gasteiger partial charge in [-0.15, -0.1) is 22.0 Å². The molecule has 2 saturated heterocycles. The van der Waals surface area contributed by atoms with Crippen LogP contribution in [-0.2, 0) is 33.3 Å². The van der Waals surface area contributed by atoms with E-state index in [-0.39, 0.29) is 30.9 Å². The maximum atomic E-state index is 14.1. The molecule has 0 amide bonds. The van der Waals surface area contributed by atoms with Gasteiger partial charge in [0.2, 0.25) is 0 Å². The summed E-state index contributed by atoms with van der Waals surface area (Å²) in [7, 11) is 2.57. The first-order valence-corrected chi connectivity index (χ1v) is 16.1. The number of nitrogens with zero attached hydrogens (tertiary/aromatic N) is 8. The molecule has 6 rings (SSSR count). The molecule has 2 fully saturated rings. The van der Waals surface area contributed by atoms with Crippen LogP contribution in [0.1, 0.15) is 25.4 Å². The summed E-state index contributed by atoms with van der Waals surface area (Å²) < 4.78 is 73.3. The Morgan fingerprint density at radius 2 is 1.64 bits per heavy atom. The largest absolute Gasteiger partial charge is 0.469 e. The maximum Gasteiger partial charge on any atom is 0.308 e. The summed E-state index contributed by atoms with van der Waals surface area (Å²) in [5, 5.41) is 27.5. The van der Waals surface area contributed by atoms with Crippen molar-refractivity contribution in [1.29, 1.82) is 0 Å². The predicted molar refractivity (Wildman–Crippen MR) is 164 cm³/mol.